The number of sulfonamides is 1. The molecule has 0 aliphatic heterocycles. The summed E-state index contributed by atoms with van der Waals surface area (Å²) in [5.74, 6) is 0.0276. The molecule has 0 aliphatic rings. The van der Waals surface area contributed by atoms with Gasteiger partial charge in [0.15, 0.2) is 0 Å². The van der Waals surface area contributed by atoms with Crippen molar-refractivity contribution >= 4 is 16.0 Å². The minimum Gasteiger partial charge on any atom is -0.274 e. The summed E-state index contributed by atoms with van der Waals surface area (Å²) in [5, 5.41) is 7.95. The summed E-state index contributed by atoms with van der Waals surface area (Å²) in [5.41, 5.74) is 1.05. The van der Waals surface area contributed by atoms with Gasteiger partial charge in [0.25, 0.3) is 16.0 Å². The molecule has 9 heteroatoms. The predicted octanol–water partition coefficient (Wildman–Crippen LogP) is 0.861. The zero-order chi connectivity index (χ0) is 15.6. The van der Waals surface area contributed by atoms with Crippen molar-refractivity contribution in [2.45, 2.75) is 11.4 Å². The summed E-state index contributed by atoms with van der Waals surface area (Å²) in [7, 11) is -2.08. The molecule has 8 nitrogen and oxygen atoms in total. The molecule has 3 rings (SSSR count). The molecule has 0 saturated heterocycles. The second-order valence-corrected chi connectivity index (χ2v) is 6.39. The Bertz CT molecular complexity index is 869. The topological polar surface area (TPSA) is 94.7 Å². The summed E-state index contributed by atoms with van der Waals surface area (Å²) in [6.45, 7) is 0.516. The molecule has 0 unspecified atom stereocenters. The highest BCUT2D eigenvalue weighted by Gasteiger charge is 2.18. The Kier molecular flexibility index (Phi) is 3.63. The minimum absolute atomic E-state index is 0.0276. The number of hydrogen-bond acceptors (Lipinski definition) is 5. The van der Waals surface area contributed by atoms with Gasteiger partial charge >= 0.3 is 0 Å². The zero-order valence-electron chi connectivity index (χ0n) is 11.8. The van der Waals surface area contributed by atoms with E-state index >= 15 is 0 Å². The van der Waals surface area contributed by atoms with Crippen LogP contribution in [0, 0.1) is 0 Å². The van der Waals surface area contributed by atoms with Crippen molar-refractivity contribution in [3.8, 4) is 0 Å². The molecule has 114 valence electrons. The van der Waals surface area contributed by atoms with Crippen molar-refractivity contribution in [1.82, 2.24) is 24.5 Å². The molecule has 0 aliphatic carbocycles. The van der Waals surface area contributed by atoms with Gasteiger partial charge in [-0.1, -0.05) is 30.3 Å². The van der Waals surface area contributed by atoms with Crippen LogP contribution in [0.2, 0.25) is 0 Å². The normalized spacial score (nSPS) is 11.5. The molecule has 0 atom stereocenters. The average Bonchev–Trinajstić information content (AvgIpc) is 3.09. The average molecular weight is 318 g/mol. The van der Waals surface area contributed by atoms with Gasteiger partial charge in [-0.2, -0.15) is 10.1 Å². The highest BCUT2D eigenvalue weighted by molar-refractivity contribution is 7.92. The van der Waals surface area contributed by atoms with Gasteiger partial charge in [0.2, 0.25) is 0 Å². The van der Waals surface area contributed by atoms with Gasteiger partial charge in [-0.05, 0) is 5.56 Å². The Morgan fingerprint density at radius 1 is 1.23 bits per heavy atom. The molecule has 0 amide bonds. The lowest BCUT2D eigenvalue weighted by atomic mass is 10.2. The molecule has 3 aromatic rings. The molecule has 0 radical (unpaired) electrons. The van der Waals surface area contributed by atoms with Gasteiger partial charge in [0.1, 0.15) is 11.2 Å². The van der Waals surface area contributed by atoms with Crippen molar-refractivity contribution < 1.29 is 8.42 Å². The Balaban J connectivity index is 1.74. The van der Waals surface area contributed by atoms with Crippen LogP contribution in [0.25, 0.3) is 0 Å². The smallest absolute Gasteiger partial charge is 0.267 e. The molecule has 0 bridgehead atoms. The second kappa shape index (κ2) is 5.60. The Morgan fingerprint density at radius 2 is 2.00 bits per heavy atom. The van der Waals surface area contributed by atoms with Crippen molar-refractivity contribution in [2.75, 3.05) is 4.72 Å². The molecular weight excluding hydrogens is 304 g/mol. The number of benzene rings is 1. The van der Waals surface area contributed by atoms with Gasteiger partial charge in [-0.15, -0.1) is 5.10 Å². The van der Waals surface area contributed by atoms with Gasteiger partial charge in [-0.25, -0.2) is 17.8 Å². The van der Waals surface area contributed by atoms with Crippen molar-refractivity contribution in [3.63, 3.8) is 0 Å². The van der Waals surface area contributed by atoms with Crippen molar-refractivity contribution in [1.29, 1.82) is 0 Å². The van der Waals surface area contributed by atoms with Crippen LogP contribution < -0.4 is 4.72 Å². The van der Waals surface area contributed by atoms with Crippen molar-refractivity contribution in [3.05, 3.63) is 54.6 Å². The van der Waals surface area contributed by atoms with E-state index in [9.17, 15) is 8.42 Å². The summed E-state index contributed by atoms with van der Waals surface area (Å²) in [6, 6.07) is 9.71. The molecule has 0 fully saturated rings. The number of nitrogens with one attached hydrogen (secondary N) is 1. The van der Waals surface area contributed by atoms with E-state index in [0.29, 0.717) is 6.54 Å². The van der Waals surface area contributed by atoms with Crippen LogP contribution in [-0.4, -0.2) is 33.0 Å². The first-order chi connectivity index (χ1) is 10.5. The molecule has 0 saturated carbocycles. The largest absolute Gasteiger partial charge is 0.274 e. The fourth-order valence-electron chi connectivity index (χ4n) is 1.90. The summed E-state index contributed by atoms with van der Waals surface area (Å²) >= 11 is 0. The Labute approximate surface area is 127 Å². The third kappa shape index (κ3) is 3.14. The summed E-state index contributed by atoms with van der Waals surface area (Å²) < 4.78 is 29.6. The van der Waals surface area contributed by atoms with E-state index in [2.05, 4.69) is 19.9 Å². The number of rotatable bonds is 5. The lowest BCUT2D eigenvalue weighted by Gasteiger charge is -2.02. The number of hydrogen-bond donors (Lipinski definition) is 1. The first-order valence-corrected chi connectivity index (χ1v) is 7.96. The van der Waals surface area contributed by atoms with Crippen LogP contribution >= 0.6 is 0 Å². The van der Waals surface area contributed by atoms with E-state index in [4.69, 9.17) is 0 Å². The highest BCUT2D eigenvalue weighted by atomic mass is 32.2. The Morgan fingerprint density at radius 3 is 2.68 bits per heavy atom. The third-order valence-corrected chi connectivity index (χ3v) is 4.22. The number of aryl methyl sites for hydroxylation is 1. The molecule has 2 heterocycles. The van der Waals surface area contributed by atoms with Crippen LogP contribution in [0.1, 0.15) is 5.56 Å². The fraction of sp³-hybridized carbons (Fsp3) is 0.154. The maximum Gasteiger partial charge on any atom is 0.267 e. The van der Waals surface area contributed by atoms with Crippen LogP contribution in [0.5, 0.6) is 0 Å². The molecule has 2 aromatic heterocycles. The van der Waals surface area contributed by atoms with Crippen LogP contribution in [0.15, 0.2) is 53.9 Å². The highest BCUT2D eigenvalue weighted by Crippen LogP contribution is 2.11. The van der Waals surface area contributed by atoms with Gasteiger partial charge < -0.3 is 0 Å². The van der Waals surface area contributed by atoms with E-state index in [1.165, 1.54) is 23.4 Å². The maximum absolute atomic E-state index is 12.1. The van der Waals surface area contributed by atoms with Crippen LogP contribution in [-0.2, 0) is 23.6 Å². The summed E-state index contributed by atoms with van der Waals surface area (Å²) in [4.78, 5) is 4.03. The van der Waals surface area contributed by atoms with Crippen LogP contribution in [0.3, 0.4) is 0 Å². The first-order valence-electron chi connectivity index (χ1n) is 6.48. The van der Waals surface area contributed by atoms with E-state index in [-0.39, 0.29) is 10.8 Å². The predicted molar refractivity (Wildman–Crippen MR) is 79.6 cm³/mol. The monoisotopic (exact) mass is 318 g/mol. The number of nitrogens with zero attached hydrogens (tertiary/aromatic N) is 5. The second-order valence-electron chi connectivity index (χ2n) is 4.71. The van der Waals surface area contributed by atoms with E-state index in [0.717, 1.165) is 5.56 Å². The Hall–Kier alpha value is -2.68. The number of aromatic nitrogens is 5. The van der Waals surface area contributed by atoms with Gasteiger partial charge in [0, 0.05) is 13.2 Å². The molecular formula is C13H14N6O2S. The molecule has 1 aromatic carbocycles. The van der Waals surface area contributed by atoms with Gasteiger partial charge in [-0.3, -0.25) is 4.68 Å². The standard InChI is InChI=1S/C13H14N6O2S/c1-18-9-12(7-15-18)22(20,21)17-13-14-10-19(16-13)8-11-5-3-2-4-6-11/h2-7,9-10H,8H2,1H3,(H,16,17). The van der Waals surface area contributed by atoms with Crippen LogP contribution in [0.4, 0.5) is 5.95 Å². The first kappa shape index (κ1) is 14.3. The molecule has 22 heavy (non-hydrogen) atoms. The fourth-order valence-corrected chi connectivity index (χ4v) is 2.83. The van der Waals surface area contributed by atoms with E-state index in [1.807, 2.05) is 30.3 Å². The lowest BCUT2D eigenvalue weighted by Crippen LogP contribution is -2.14. The quantitative estimate of drug-likeness (QED) is 0.753. The zero-order valence-corrected chi connectivity index (χ0v) is 12.6. The minimum atomic E-state index is -3.72. The SMILES string of the molecule is Cn1cc(S(=O)(=O)Nc2ncn(Cc3ccccc3)n2)cn1. The lowest BCUT2D eigenvalue weighted by molar-refractivity contribution is 0.600. The van der Waals surface area contributed by atoms with E-state index in [1.54, 1.807) is 11.7 Å². The van der Waals surface area contributed by atoms with Crippen molar-refractivity contribution in [2.24, 2.45) is 7.05 Å². The summed E-state index contributed by atoms with van der Waals surface area (Å²) in [6.07, 6.45) is 4.15. The van der Waals surface area contributed by atoms with E-state index < -0.39 is 10.0 Å². The number of anilines is 1. The van der Waals surface area contributed by atoms with Gasteiger partial charge in [0.05, 0.1) is 12.7 Å². The third-order valence-electron chi connectivity index (χ3n) is 2.94. The molecule has 1 N–H and O–H groups in total. The maximum atomic E-state index is 12.1. The molecule has 0 spiro atoms.